The van der Waals surface area contributed by atoms with Crippen LogP contribution in [-0.2, 0) is 9.84 Å². The van der Waals surface area contributed by atoms with E-state index >= 15 is 0 Å². The van der Waals surface area contributed by atoms with E-state index in [1.807, 2.05) is 13.8 Å². The second-order valence-electron chi connectivity index (χ2n) is 5.76. The first kappa shape index (κ1) is 17.8. The molecule has 3 N–H and O–H groups in total. The van der Waals surface area contributed by atoms with E-state index in [4.69, 9.17) is 0 Å². The maximum absolute atomic E-state index is 13.7. The lowest BCUT2D eigenvalue weighted by atomic mass is 10.3. The summed E-state index contributed by atoms with van der Waals surface area (Å²) in [5.41, 5.74) is 2.27. The zero-order chi connectivity index (χ0) is 18.9. The molecule has 0 saturated carbocycles. The number of hydrogen-bond acceptors (Lipinski definition) is 7. The predicted octanol–water partition coefficient (Wildman–Crippen LogP) is 2.85. The number of aromatic amines is 1. The fourth-order valence-electron chi connectivity index (χ4n) is 2.21. The van der Waals surface area contributed by atoms with E-state index in [1.165, 1.54) is 18.3 Å². The Morgan fingerprint density at radius 1 is 1.15 bits per heavy atom. The Kier molecular flexibility index (Phi) is 4.60. The summed E-state index contributed by atoms with van der Waals surface area (Å²) < 4.78 is 37.0. The van der Waals surface area contributed by atoms with Crippen molar-refractivity contribution in [1.29, 1.82) is 0 Å². The minimum Gasteiger partial charge on any atom is -0.324 e. The normalized spacial score (nSPS) is 11.4. The summed E-state index contributed by atoms with van der Waals surface area (Å²) in [4.78, 5) is 7.99. The van der Waals surface area contributed by atoms with Crippen molar-refractivity contribution in [2.45, 2.75) is 18.7 Å². The smallest absolute Gasteiger partial charge is 0.229 e. The molecule has 0 aliphatic carbocycles. The topological polar surface area (TPSA) is 113 Å². The molecule has 0 amide bonds. The number of nitrogens with one attached hydrogen (secondary N) is 3. The highest BCUT2D eigenvalue weighted by molar-refractivity contribution is 7.90. The van der Waals surface area contributed by atoms with E-state index < -0.39 is 15.7 Å². The van der Waals surface area contributed by atoms with Crippen LogP contribution in [-0.4, -0.2) is 34.8 Å². The number of aromatic nitrogens is 4. The Hall–Kier alpha value is -3.01. The second kappa shape index (κ2) is 6.71. The molecule has 0 fully saturated rings. The Labute approximate surface area is 149 Å². The monoisotopic (exact) mass is 376 g/mol. The van der Waals surface area contributed by atoms with Gasteiger partial charge in [-0.15, -0.1) is 0 Å². The van der Waals surface area contributed by atoms with E-state index in [0.29, 0.717) is 17.3 Å². The molecule has 26 heavy (non-hydrogen) atoms. The zero-order valence-electron chi connectivity index (χ0n) is 14.3. The number of halogens is 1. The molecule has 0 spiro atoms. The number of aryl methyl sites for hydroxylation is 1. The number of hydrogen-bond donors (Lipinski definition) is 3. The molecule has 8 nitrogen and oxygen atoms in total. The van der Waals surface area contributed by atoms with Gasteiger partial charge < -0.3 is 10.6 Å². The number of benzene rings is 1. The summed E-state index contributed by atoms with van der Waals surface area (Å²) in [6.45, 7) is 3.83. The second-order valence-corrected chi connectivity index (χ2v) is 7.74. The van der Waals surface area contributed by atoms with E-state index in [9.17, 15) is 12.8 Å². The van der Waals surface area contributed by atoms with E-state index in [-0.39, 0.29) is 10.8 Å². The lowest BCUT2D eigenvalue weighted by Crippen LogP contribution is -2.04. The van der Waals surface area contributed by atoms with E-state index in [0.717, 1.165) is 23.6 Å². The first-order valence-electron chi connectivity index (χ1n) is 7.62. The van der Waals surface area contributed by atoms with Gasteiger partial charge in [0.2, 0.25) is 5.95 Å². The van der Waals surface area contributed by atoms with Gasteiger partial charge in [0.05, 0.1) is 0 Å². The lowest BCUT2D eigenvalue weighted by Gasteiger charge is -2.09. The number of rotatable bonds is 5. The van der Waals surface area contributed by atoms with Crippen LogP contribution in [0.2, 0.25) is 0 Å². The van der Waals surface area contributed by atoms with Crippen molar-refractivity contribution in [3.05, 3.63) is 47.5 Å². The Bertz CT molecular complexity index is 1060. The molecule has 136 valence electrons. The van der Waals surface area contributed by atoms with Crippen molar-refractivity contribution in [2.75, 3.05) is 16.9 Å². The van der Waals surface area contributed by atoms with Crippen LogP contribution in [0.3, 0.4) is 0 Å². The largest absolute Gasteiger partial charge is 0.324 e. The minimum atomic E-state index is -3.68. The van der Waals surface area contributed by atoms with E-state index in [1.54, 1.807) is 6.07 Å². The maximum Gasteiger partial charge on any atom is 0.229 e. The van der Waals surface area contributed by atoms with Gasteiger partial charge in [0.1, 0.15) is 16.5 Å². The van der Waals surface area contributed by atoms with Gasteiger partial charge in [-0.25, -0.2) is 17.8 Å². The maximum atomic E-state index is 13.7. The van der Waals surface area contributed by atoms with Crippen molar-refractivity contribution in [3.63, 3.8) is 0 Å². The summed E-state index contributed by atoms with van der Waals surface area (Å²) in [5.74, 6) is 0.570. The molecule has 1 aromatic carbocycles. The third-order valence-corrected chi connectivity index (χ3v) is 4.85. The van der Waals surface area contributed by atoms with Gasteiger partial charge in [0.15, 0.2) is 15.7 Å². The Balaban J connectivity index is 1.84. The van der Waals surface area contributed by atoms with Crippen molar-refractivity contribution in [2.24, 2.45) is 0 Å². The quantitative estimate of drug-likeness (QED) is 0.627. The van der Waals surface area contributed by atoms with Gasteiger partial charge >= 0.3 is 0 Å². The molecule has 0 aliphatic rings. The van der Waals surface area contributed by atoms with Crippen LogP contribution in [0.1, 0.15) is 11.3 Å². The molecule has 10 heteroatoms. The SMILES string of the molecule is Cc1[nH]nc(Nc2ccnc(Nc3ccc(F)c(S(C)(=O)=O)c3)n2)c1C. The molecule has 2 aromatic heterocycles. The Morgan fingerprint density at radius 3 is 2.58 bits per heavy atom. The molecule has 3 aromatic rings. The highest BCUT2D eigenvalue weighted by atomic mass is 32.2. The first-order chi connectivity index (χ1) is 12.2. The van der Waals surface area contributed by atoms with Gasteiger partial charge in [0, 0.05) is 29.4 Å². The average molecular weight is 376 g/mol. The molecular formula is C16H17FN6O2S. The minimum absolute atomic E-state index is 0.228. The van der Waals surface area contributed by atoms with Crippen LogP contribution < -0.4 is 10.6 Å². The molecular weight excluding hydrogens is 359 g/mol. The lowest BCUT2D eigenvalue weighted by molar-refractivity contribution is 0.571. The molecule has 0 unspecified atom stereocenters. The Morgan fingerprint density at radius 2 is 1.92 bits per heavy atom. The highest BCUT2D eigenvalue weighted by Gasteiger charge is 2.15. The number of anilines is 4. The molecule has 0 saturated heterocycles. The third-order valence-electron chi connectivity index (χ3n) is 3.74. The summed E-state index contributed by atoms with van der Waals surface area (Å²) in [7, 11) is -3.68. The zero-order valence-corrected chi connectivity index (χ0v) is 15.1. The molecule has 0 atom stereocenters. The van der Waals surface area contributed by atoms with Crippen LogP contribution in [0.4, 0.5) is 27.7 Å². The van der Waals surface area contributed by atoms with Gasteiger partial charge in [-0.1, -0.05) is 0 Å². The fourth-order valence-corrected chi connectivity index (χ4v) is 2.97. The van der Waals surface area contributed by atoms with Crippen LogP contribution in [0.15, 0.2) is 35.4 Å². The molecule has 3 rings (SSSR count). The van der Waals surface area contributed by atoms with Gasteiger partial charge in [-0.2, -0.15) is 10.1 Å². The van der Waals surface area contributed by atoms with E-state index in [2.05, 4.69) is 30.8 Å². The number of sulfone groups is 1. The summed E-state index contributed by atoms with van der Waals surface area (Å²) in [6, 6.07) is 5.36. The molecule has 0 aliphatic heterocycles. The third kappa shape index (κ3) is 3.80. The van der Waals surface area contributed by atoms with Crippen LogP contribution in [0.5, 0.6) is 0 Å². The average Bonchev–Trinajstić information content (AvgIpc) is 2.88. The summed E-state index contributed by atoms with van der Waals surface area (Å²) in [5, 5.41) is 13.0. The fraction of sp³-hybridized carbons (Fsp3) is 0.188. The first-order valence-corrected chi connectivity index (χ1v) is 9.51. The molecule has 0 bridgehead atoms. The number of nitrogens with zero attached hydrogens (tertiary/aromatic N) is 3. The highest BCUT2D eigenvalue weighted by Crippen LogP contribution is 2.23. The van der Waals surface area contributed by atoms with Crippen molar-refractivity contribution in [3.8, 4) is 0 Å². The van der Waals surface area contributed by atoms with Crippen molar-refractivity contribution >= 4 is 33.1 Å². The van der Waals surface area contributed by atoms with Gasteiger partial charge in [0.25, 0.3) is 0 Å². The van der Waals surface area contributed by atoms with Gasteiger partial charge in [-0.05, 0) is 38.1 Å². The molecule has 2 heterocycles. The standard InChI is InChI=1S/C16H17FN6O2S/c1-9-10(2)22-23-15(9)20-14-6-7-18-16(21-14)19-11-4-5-12(17)13(8-11)26(3,24)25/h4-8H,1-3H3,(H3,18,19,20,21,22,23). The summed E-state index contributed by atoms with van der Waals surface area (Å²) >= 11 is 0. The van der Waals surface area contributed by atoms with Crippen molar-refractivity contribution < 1.29 is 12.8 Å². The molecule has 0 radical (unpaired) electrons. The predicted molar refractivity (Wildman–Crippen MR) is 96.2 cm³/mol. The number of H-pyrrole nitrogens is 1. The van der Waals surface area contributed by atoms with Crippen LogP contribution >= 0.6 is 0 Å². The van der Waals surface area contributed by atoms with Crippen molar-refractivity contribution in [1.82, 2.24) is 20.2 Å². The van der Waals surface area contributed by atoms with Gasteiger partial charge in [-0.3, -0.25) is 5.10 Å². The van der Waals surface area contributed by atoms with Crippen LogP contribution in [0.25, 0.3) is 0 Å². The summed E-state index contributed by atoms with van der Waals surface area (Å²) in [6.07, 6.45) is 2.48. The van der Waals surface area contributed by atoms with Crippen LogP contribution in [0, 0.1) is 19.7 Å².